The summed E-state index contributed by atoms with van der Waals surface area (Å²) in [6, 6.07) is 15.8. The zero-order chi connectivity index (χ0) is 15.1. The summed E-state index contributed by atoms with van der Waals surface area (Å²) in [5.41, 5.74) is 3.65. The van der Waals surface area contributed by atoms with Gasteiger partial charge < -0.3 is 4.74 Å². The number of rotatable bonds is 6. The molecule has 0 heterocycles. The van der Waals surface area contributed by atoms with Gasteiger partial charge in [0.05, 0.1) is 12.2 Å². The van der Waals surface area contributed by atoms with Crippen LogP contribution in [-0.4, -0.2) is 12.6 Å². The molecule has 0 unspecified atom stereocenters. The number of esters is 1. The number of unbranched alkanes of at least 4 members (excludes halogenated alkanes) is 1. The van der Waals surface area contributed by atoms with Crippen LogP contribution in [-0.2, 0) is 10.1 Å². The van der Waals surface area contributed by atoms with Crippen LogP contribution in [0, 0.1) is 0 Å². The Labute approximate surface area is 134 Å². The fourth-order valence-electron chi connectivity index (χ4n) is 2.10. The number of carbonyl (C=O) groups excluding carboxylic acids is 1. The molecule has 0 radical (unpaired) electrons. The number of ether oxygens (including phenoxy) is 1. The van der Waals surface area contributed by atoms with Crippen LogP contribution in [0.5, 0.6) is 0 Å². The number of halogens is 1. The van der Waals surface area contributed by atoms with Crippen molar-refractivity contribution >= 4 is 21.9 Å². The fourth-order valence-corrected chi connectivity index (χ4v) is 2.45. The third kappa shape index (κ3) is 4.18. The number of alkyl halides is 1. The van der Waals surface area contributed by atoms with Crippen molar-refractivity contribution in [2.45, 2.75) is 25.1 Å². The molecule has 0 aliphatic heterocycles. The second-order valence-electron chi connectivity index (χ2n) is 4.87. The molecule has 2 nitrogen and oxygen atoms in total. The summed E-state index contributed by atoms with van der Waals surface area (Å²) in [5.74, 6) is -0.245. The molecule has 0 atom stereocenters. The molecule has 3 heteroatoms. The van der Waals surface area contributed by atoms with Gasteiger partial charge in [0, 0.05) is 5.33 Å². The zero-order valence-corrected chi connectivity index (χ0v) is 13.7. The average Bonchev–Trinajstić information content (AvgIpc) is 2.55. The Bertz CT molecular complexity index is 593. The molecule has 0 N–H and O–H groups in total. The average molecular weight is 347 g/mol. The second-order valence-corrected chi connectivity index (χ2v) is 5.43. The van der Waals surface area contributed by atoms with E-state index in [9.17, 15) is 4.79 Å². The van der Waals surface area contributed by atoms with E-state index in [4.69, 9.17) is 4.74 Å². The molecule has 0 aliphatic carbocycles. The van der Waals surface area contributed by atoms with Gasteiger partial charge in [-0.05, 0) is 29.2 Å². The monoisotopic (exact) mass is 346 g/mol. The van der Waals surface area contributed by atoms with Gasteiger partial charge in [-0.2, -0.15) is 0 Å². The van der Waals surface area contributed by atoms with Crippen molar-refractivity contribution in [3.05, 3.63) is 59.7 Å². The summed E-state index contributed by atoms with van der Waals surface area (Å²) < 4.78 is 5.38. The highest BCUT2D eigenvalue weighted by molar-refractivity contribution is 9.08. The Morgan fingerprint density at radius 1 is 1.14 bits per heavy atom. The standard InChI is InChI=1S/C18H19BrO2/c1-2-3-11-21-18(20)17-12-14(13-19)9-10-16(17)15-7-5-4-6-8-15/h4-10,12H,2-3,11,13H2,1H3. The lowest BCUT2D eigenvalue weighted by Gasteiger charge is -2.11. The minimum Gasteiger partial charge on any atom is -0.462 e. The molecule has 0 saturated heterocycles. The van der Waals surface area contributed by atoms with E-state index in [1.807, 2.05) is 48.5 Å². The van der Waals surface area contributed by atoms with Crippen LogP contribution in [0.2, 0.25) is 0 Å². The fraction of sp³-hybridized carbons (Fsp3) is 0.278. The molecule has 0 aliphatic rings. The van der Waals surface area contributed by atoms with E-state index in [-0.39, 0.29) is 5.97 Å². The molecule has 0 aromatic heterocycles. The predicted molar refractivity (Wildman–Crippen MR) is 89.7 cm³/mol. The molecular formula is C18H19BrO2. The Morgan fingerprint density at radius 2 is 1.90 bits per heavy atom. The van der Waals surface area contributed by atoms with E-state index in [1.165, 1.54) is 0 Å². The van der Waals surface area contributed by atoms with Crippen LogP contribution in [0.4, 0.5) is 0 Å². The van der Waals surface area contributed by atoms with Crippen molar-refractivity contribution < 1.29 is 9.53 Å². The molecule has 0 amide bonds. The van der Waals surface area contributed by atoms with Gasteiger partial charge in [0.2, 0.25) is 0 Å². The van der Waals surface area contributed by atoms with Crippen molar-refractivity contribution in [2.24, 2.45) is 0 Å². The first-order valence-corrected chi connectivity index (χ1v) is 8.30. The lowest BCUT2D eigenvalue weighted by Crippen LogP contribution is -2.08. The highest BCUT2D eigenvalue weighted by Gasteiger charge is 2.14. The van der Waals surface area contributed by atoms with Crippen LogP contribution >= 0.6 is 15.9 Å². The van der Waals surface area contributed by atoms with Crippen molar-refractivity contribution in [1.29, 1.82) is 0 Å². The number of hydrogen-bond acceptors (Lipinski definition) is 2. The summed E-state index contributed by atoms with van der Waals surface area (Å²) in [6.07, 6.45) is 1.91. The first-order chi connectivity index (χ1) is 10.3. The van der Waals surface area contributed by atoms with E-state index in [2.05, 4.69) is 22.9 Å². The summed E-state index contributed by atoms with van der Waals surface area (Å²) in [4.78, 5) is 12.3. The van der Waals surface area contributed by atoms with E-state index in [0.717, 1.165) is 34.9 Å². The Hall–Kier alpha value is -1.61. The minimum atomic E-state index is -0.245. The lowest BCUT2D eigenvalue weighted by molar-refractivity contribution is 0.0500. The molecule has 0 fully saturated rings. The molecular weight excluding hydrogens is 328 g/mol. The highest BCUT2D eigenvalue weighted by atomic mass is 79.9. The molecule has 0 saturated carbocycles. The van der Waals surface area contributed by atoms with Crippen molar-refractivity contribution in [1.82, 2.24) is 0 Å². The summed E-state index contributed by atoms with van der Waals surface area (Å²) in [7, 11) is 0. The van der Waals surface area contributed by atoms with Gasteiger partial charge in [0.15, 0.2) is 0 Å². The second kappa shape index (κ2) is 7.99. The first kappa shape index (κ1) is 15.8. The molecule has 110 valence electrons. The first-order valence-electron chi connectivity index (χ1n) is 7.17. The zero-order valence-electron chi connectivity index (χ0n) is 12.1. The molecule has 21 heavy (non-hydrogen) atoms. The van der Waals surface area contributed by atoms with Gasteiger partial charge in [-0.3, -0.25) is 0 Å². The largest absolute Gasteiger partial charge is 0.462 e. The van der Waals surface area contributed by atoms with E-state index in [1.54, 1.807) is 0 Å². The maximum Gasteiger partial charge on any atom is 0.338 e. The van der Waals surface area contributed by atoms with Crippen LogP contribution in [0.1, 0.15) is 35.7 Å². The Morgan fingerprint density at radius 3 is 2.57 bits per heavy atom. The topological polar surface area (TPSA) is 26.3 Å². The number of hydrogen-bond donors (Lipinski definition) is 0. The van der Waals surface area contributed by atoms with Crippen LogP contribution in [0.3, 0.4) is 0 Å². The highest BCUT2D eigenvalue weighted by Crippen LogP contribution is 2.26. The quantitative estimate of drug-likeness (QED) is 0.408. The van der Waals surface area contributed by atoms with E-state index < -0.39 is 0 Å². The van der Waals surface area contributed by atoms with Gasteiger partial charge in [-0.25, -0.2) is 4.79 Å². The molecule has 2 aromatic carbocycles. The third-order valence-electron chi connectivity index (χ3n) is 3.27. The van der Waals surface area contributed by atoms with Gasteiger partial charge in [-0.15, -0.1) is 0 Å². The lowest BCUT2D eigenvalue weighted by atomic mass is 9.98. The number of benzene rings is 2. The van der Waals surface area contributed by atoms with Crippen molar-refractivity contribution in [2.75, 3.05) is 6.61 Å². The van der Waals surface area contributed by atoms with Crippen LogP contribution in [0.15, 0.2) is 48.5 Å². The van der Waals surface area contributed by atoms with Gasteiger partial charge >= 0.3 is 5.97 Å². The smallest absolute Gasteiger partial charge is 0.338 e. The SMILES string of the molecule is CCCCOC(=O)c1cc(CBr)ccc1-c1ccccc1. The normalized spacial score (nSPS) is 10.4. The summed E-state index contributed by atoms with van der Waals surface area (Å²) in [6.45, 7) is 2.55. The van der Waals surface area contributed by atoms with Crippen LogP contribution in [0.25, 0.3) is 11.1 Å². The maximum atomic E-state index is 12.3. The van der Waals surface area contributed by atoms with Gasteiger partial charge in [0.25, 0.3) is 0 Å². The van der Waals surface area contributed by atoms with Gasteiger partial charge in [-0.1, -0.05) is 71.7 Å². The van der Waals surface area contributed by atoms with Crippen molar-refractivity contribution in [3.8, 4) is 11.1 Å². The molecule has 2 rings (SSSR count). The van der Waals surface area contributed by atoms with E-state index >= 15 is 0 Å². The Kier molecular flexibility index (Phi) is 6.00. The van der Waals surface area contributed by atoms with E-state index in [0.29, 0.717) is 12.2 Å². The maximum absolute atomic E-state index is 12.3. The summed E-state index contributed by atoms with van der Waals surface area (Å²) >= 11 is 3.43. The van der Waals surface area contributed by atoms with Crippen LogP contribution < -0.4 is 0 Å². The third-order valence-corrected chi connectivity index (χ3v) is 3.92. The predicted octanol–water partition coefficient (Wildman–Crippen LogP) is 5.21. The Balaban J connectivity index is 2.34. The van der Waals surface area contributed by atoms with Crippen molar-refractivity contribution in [3.63, 3.8) is 0 Å². The molecule has 0 bridgehead atoms. The molecule has 0 spiro atoms. The summed E-state index contributed by atoms with van der Waals surface area (Å²) in [5, 5.41) is 0.720. The van der Waals surface area contributed by atoms with Gasteiger partial charge in [0.1, 0.15) is 0 Å². The molecule has 2 aromatic rings. The number of carbonyl (C=O) groups is 1. The minimum absolute atomic E-state index is 0.245.